The number of piperidine rings is 1. The summed E-state index contributed by atoms with van der Waals surface area (Å²) in [4.78, 5) is 22.5. The smallest absolute Gasteiger partial charge is 0.319 e. The highest BCUT2D eigenvalue weighted by molar-refractivity contribution is 5.90. The van der Waals surface area contributed by atoms with Crippen LogP contribution in [-0.4, -0.2) is 53.2 Å². The van der Waals surface area contributed by atoms with Crippen LogP contribution in [0.4, 0.5) is 10.5 Å². The van der Waals surface area contributed by atoms with Crippen molar-refractivity contribution in [1.82, 2.24) is 20.2 Å². The molecule has 0 spiro atoms. The zero-order valence-corrected chi connectivity index (χ0v) is 12.9. The number of carbonyl (C=O) groups is 1. The molecule has 1 saturated heterocycles. The largest absolute Gasteiger partial charge is 0.479 e. The molecule has 120 valence electrons. The number of nitrogens with zero attached hydrogens (tertiary/aromatic N) is 3. The lowest BCUT2D eigenvalue weighted by Gasteiger charge is -2.36. The lowest BCUT2D eigenvalue weighted by molar-refractivity contribution is 0.138. The highest BCUT2D eigenvalue weighted by atomic mass is 16.5. The highest BCUT2D eigenvalue weighted by Gasteiger charge is 2.35. The number of ether oxygens (including phenoxy) is 1. The fourth-order valence-electron chi connectivity index (χ4n) is 3.07. The molecule has 1 unspecified atom stereocenters. The Morgan fingerprint density at radius 3 is 3.05 bits per heavy atom. The molecule has 1 aliphatic carbocycles. The van der Waals surface area contributed by atoms with Gasteiger partial charge >= 0.3 is 6.03 Å². The molecule has 0 aromatic carbocycles. The van der Waals surface area contributed by atoms with Crippen molar-refractivity contribution in [3.8, 4) is 5.88 Å². The average molecular weight is 305 g/mol. The number of methoxy groups -OCH3 is 1. The van der Waals surface area contributed by atoms with Gasteiger partial charge in [0.25, 0.3) is 0 Å². The predicted molar refractivity (Wildman–Crippen MR) is 83.0 cm³/mol. The van der Waals surface area contributed by atoms with Crippen LogP contribution in [0.15, 0.2) is 12.5 Å². The molecule has 1 saturated carbocycles. The molecule has 2 aliphatic rings. The minimum atomic E-state index is -0.241. The zero-order chi connectivity index (χ0) is 15.4. The SMILES string of the molecule is COc1ncncc1NC(=O)NCC1CCCCN1C1CC1. The van der Waals surface area contributed by atoms with Crippen LogP contribution in [0.1, 0.15) is 32.1 Å². The van der Waals surface area contributed by atoms with E-state index >= 15 is 0 Å². The Bertz CT molecular complexity index is 520. The molecule has 7 nitrogen and oxygen atoms in total. The van der Waals surface area contributed by atoms with Crippen LogP contribution in [0.3, 0.4) is 0 Å². The minimum Gasteiger partial charge on any atom is -0.479 e. The van der Waals surface area contributed by atoms with Crippen molar-refractivity contribution in [2.45, 2.75) is 44.2 Å². The molecule has 22 heavy (non-hydrogen) atoms. The Balaban J connectivity index is 1.51. The van der Waals surface area contributed by atoms with Gasteiger partial charge in [0.05, 0.1) is 13.3 Å². The Hall–Kier alpha value is -1.89. The third-order valence-corrected chi connectivity index (χ3v) is 4.30. The van der Waals surface area contributed by atoms with Crippen molar-refractivity contribution in [3.05, 3.63) is 12.5 Å². The molecular formula is C15H23N5O2. The van der Waals surface area contributed by atoms with Gasteiger partial charge in [-0.3, -0.25) is 4.90 Å². The summed E-state index contributed by atoms with van der Waals surface area (Å²) >= 11 is 0. The van der Waals surface area contributed by atoms with Gasteiger partial charge in [0.1, 0.15) is 12.0 Å². The van der Waals surface area contributed by atoms with Crippen molar-refractivity contribution >= 4 is 11.7 Å². The number of aromatic nitrogens is 2. The van der Waals surface area contributed by atoms with Gasteiger partial charge < -0.3 is 15.4 Å². The zero-order valence-electron chi connectivity index (χ0n) is 12.9. The molecule has 2 fully saturated rings. The number of hydrogen-bond acceptors (Lipinski definition) is 5. The summed E-state index contributed by atoms with van der Waals surface area (Å²) in [5.74, 6) is 0.363. The standard InChI is InChI=1S/C15H23N5O2/c1-22-14-13(9-16-10-18-14)19-15(21)17-8-12-4-2-3-7-20(12)11-5-6-11/h9-12H,2-8H2,1H3,(H2,17,19,21). The van der Waals surface area contributed by atoms with Crippen LogP contribution in [-0.2, 0) is 0 Å². The lowest BCUT2D eigenvalue weighted by Crippen LogP contribution is -2.48. The topological polar surface area (TPSA) is 79.4 Å². The van der Waals surface area contributed by atoms with Gasteiger partial charge in [0.15, 0.2) is 0 Å². The minimum absolute atomic E-state index is 0.241. The van der Waals surface area contributed by atoms with Crippen molar-refractivity contribution < 1.29 is 9.53 Å². The number of urea groups is 1. The van der Waals surface area contributed by atoms with E-state index in [1.807, 2.05) is 0 Å². The Morgan fingerprint density at radius 2 is 2.27 bits per heavy atom. The van der Waals surface area contributed by atoms with Crippen LogP contribution >= 0.6 is 0 Å². The summed E-state index contributed by atoms with van der Waals surface area (Å²) in [6.07, 6.45) is 9.21. The number of hydrogen-bond donors (Lipinski definition) is 2. The van der Waals surface area contributed by atoms with Gasteiger partial charge in [-0.25, -0.2) is 9.78 Å². The fourth-order valence-corrected chi connectivity index (χ4v) is 3.07. The molecule has 2 N–H and O–H groups in total. The fraction of sp³-hybridized carbons (Fsp3) is 0.667. The molecule has 1 aliphatic heterocycles. The average Bonchev–Trinajstić information content (AvgIpc) is 3.38. The Morgan fingerprint density at radius 1 is 1.41 bits per heavy atom. The first-order valence-electron chi connectivity index (χ1n) is 7.92. The predicted octanol–water partition coefficient (Wildman–Crippen LogP) is 1.62. The molecule has 1 aromatic rings. The van der Waals surface area contributed by atoms with Gasteiger partial charge in [-0.15, -0.1) is 0 Å². The van der Waals surface area contributed by atoms with Crippen LogP contribution in [0.2, 0.25) is 0 Å². The van der Waals surface area contributed by atoms with Gasteiger partial charge in [-0.2, -0.15) is 4.98 Å². The monoisotopic (exact) mass is 305 g/mol. The van der Waals surface area contributed by atoms with Crippen LogP contribution in [0.25, 0.3) is 0 Å². The number of nitrogens with one attached hydrogen (secondary N) is 2. The van der Waals surface area contributed by atoms with Crippen LogP contribution < -0.4 is 15.4 Å². The molecular weight excluding hydrogens is 282 g/mol. The first-order chi connectivity index (χ1) is 10.8. The second kappa shape index (κ2) is 6.91. The Labute approximate surface area is 130 Å². The molecule has 0 bridgehead atoms. The van der Waals surface area contributed by atoms with Gasteiger partial charge in [0, 0.05) is 18.6 Å². The lowest BCUT2D eigenvalue weighted by atomic mass is 10.0. The summed E-state index contributed by atoms with van der Waals surface area (Å²) in [7, 11) is 1.51. The third-order valence-electron chi connectivity index (χ3n) is 4.30. The maximum Gasteiger partial charge on any atom is 0.319 e. The van der Waals surface area contributed by atoms with Crippen LogP contribution in [0.5, 0.6) is 5.88 Å². The molecule has 0 radical (unpaired) electrons. The summed E-state index contributed by atoms with van der Waals surface area (Å²) in [6, 6.07) is 0.966. The molecule has 2 amide bonds. The van der Waals surface area contributed by atoms with Crippen molar-refractivity contribution in [3.63, 3.8) is 0 Å². The van der Waals surface area contributed by atoms with Gasteiger partial charge in [-0.05, 0) is 32.2 Å². The van der Waals surface area contributed by atoms with E-state index in [1.165, 1.54) is 51.9 Å². The summed E-state index contributed by atoms with van der Waals surface area (Å²) < 4.78 is 5.10. The van der Waals surface area contributed by atoms with Gasteiger partial charge in [-0.1, -0.05) is 6.42 Å². The molecule has 3 rings (SSSR count). The second-order valence-corrected chi connectivity index (χ2v) is 5.90. The van der Waals surface area contributed by atoms with Gasteiger partial charge in [0.2, 0.25) is 5.88 Å². The Kier molecular flexibility index (Phi) is 4.72. The quantitative estimate of drug-likeness (QED) is 0.864. The molecule has 1 aromatic heterocycles. The van der Waals surface area contributed by atoms with E-state index in [0.717, 1.165) is 12.5 Å². The summed E-state index contributed by atoms with van der Waals surface area (Å²) in [5.41, 5.74) is 0.477. The molecule has 1 atom stereocenters. The normalized spacial score (nSPS) is 22.1. The third kappa shape index (κ3) is 3.65. The first-order valence-corrected chi connectivity index (χ1v) is 7.92. The van der Waals surface area contributed by atoms with Crippen molar-refractivity contribution in [1.29, 1.82) is 0 Å². The number of rotatable bonds is 5. The van der Waals surface area contributed by atoms with E-state index in [4.69, 9.17) is 4.74 Å². The molecule has 2 heterocycles. The van der Waals surface area contributed by atoms with E-state index in [-0.39, 0.29) is 6.03 Å². The molecule has 7 heteroatoms. The summed E-state index contributed by atoms with van der Waals surface area (Å²) in [6.45, 7) is 1.84. The highest BCUT2D eigenvalue weighted by Crippen LogP contribution is 2.32. The van der Waals surface area contributed by atoms with E-state index in [2.05, 4.69) is 25.5 Å². The first kappa shape index (κ1) is 15.0. The van der Waals surface area contributed by atoms with E-state index in [0.29, 0.717) is 24.2 Å². The van der Waals surface area contributed by atoms with Crippen molar-refractivity contribution in [2.24, 2.45) is 0 Å². The number of anilines is 1. The van der Waals surface area contributed by atoms with E-state index in [1.54, 1.807) is 0 Å². The maximum atomic E-state index is 12.1. The van der Waals surface area contributed by atoms with E-state index < -0.39 is 0 Å². The van der Waals surface area contributed by atoms with Crippen LogP contribution in [0, 0.1) is 0 Å². The van der Waals surface area contributed by atoms with Crippen molar-refractivity contribution in [2.75, 3.05) is 25.5 Å². The number of likely N-dealkylation sites (tertiary alicyclic amines) is 1. The summed E-state index contributed by atoms with van der Waals surface area (Å²) in [5, 5.41) is 5.70. The second-order valence-electron chi connectivity index (χ2n) is 5.90. The number of amides is 2. The van der Waals surface area contributed by atoms with E-state index in [9.17, 15) is 4.79 Å². The number of carbonyl (C=O) groups excluding carboxylic acids is 1. The maximum absolute atomic E-state index is 12.1.